The average Bonchev–Trinajstić information content (AvgIpc) is 2.68. The molecule has 2 N–H and O–H groups in total. The zero-order valence-electron chi connectivity index (χ0n) is 7.54. The molecule has 6 heteroatoms. The smallest absolute Gasteiger partial charge is 0.159 e. The largest absolute Gasteiger partial charge is 0.330 e. The molecule has 0 atom stereocenters. The molecule has 0 aliphatic rings. The van der Waals surface area contributed by atoms with E-state index in [1.807, 2.05) is 18.2 Å². The van der Waals surface area contributed by atoms with Gasteiger partial charge in [-0.05, 0) is 29.1 Å². The summed E-state index contributed by atoms with van der Waals surface area (Å²) in [5.41, 5.74) is 5.44. The van der Waals surface area contributed by atoms with E-state index in [1.54, 1.807) is 10.9 Å². The highest BCUT2D eigenvalue weighted by Gasteiger charge is 2.06. The van der Waals surface area contributed by atoms with Crippen molar-refractivity contribution < 1.29 is 0 Å². The number of nitrogens with two attached hydrogens (primary N) is 1. The molecule has 2 heterocycles. The number of aromatic nitrogens is 5. The van der Waals surface area contributed by atoms with Crippen LogP contribution in [0.25, 0.3) is 5.82 Å². The molecule has 0 saturated carbocycles. The maximum atomic E-state index is 5.44. The molecule has 0 aromatic carbocycles. The number of hydrogen-bond donors (Lipinski definition) is 1. The standard InChI is InChI=1S/C8H10N6/c9-5-4-8-11-12-13-14(8)7-3-1-2-6-10-7/h1-3,6H,4-5,9H2. The topological polar surface area (TPSA) is 82.5 Å². The Hall–Kier alpha value is -1.82. The van der Waals surface area contributed by atoms with E-state index in [1.165, 1.54) is 0 Å². The van der Waals surface area contributed by atoms with Crippen LogP contribution in [0.15, 0.2) is 24.4 Å². The molecule has 0 fully saturated rings. The third-order valence-electron chi connectivity index (χ3n) is 1.77. The van der Waals surface area contributed by atoms with Crippen molar-refractivity contribution in [3.05, 3.63) is 30.2 Å². The molecule has 0 spiro atoms. The monoisotopic (exact) mass is 190 g/mol. The summed E-state index contributed by atoms with van der Waals surface area (Å²) in [5.74, 6) is 1.44. The SMILES string of the molecule is NCCc1nnnn1-c1ccccn1. The molecule has 0 saturated heterocycles. The molecule has 72 valence electrons. The lowest BCUT2D eigenvalue weighted by Crippen LogP contribution is -2.10. The first kappa shape index (κ1) is 8.76. The summed E-state index contributed by atoms with van der Waals surface area (Å²) in [6.07, 6.45) is 2.34. The fourth-order valence-corrected chi connectivity index (χ4v) is 1.15. The molecule has 0 amide bonds. The van der Waals surface area contributed by atoms with Gasteiger partial charge in [0.05, 0.1) is 0 Å². The third-order valence-corrected chi connectivity index (χ3v) is 1.77. The fourth-order valence-electron chi connectivity index (χ4n) is 1.15. The van der Waals surface area contributed by atoms with E-state index in [2.05, 4.69) is 20.5 Å². The zero-order valence-corrected chi connectivity index (χ0v) is 7.54. The van der Waals surface area contributed by atoms with Gasteiger partial charge in [-0.25, -0.2) is 4.98 Å². The molecule has 2 aromatic heterocycles. The van der Waals surface area contributed by atoms with Gasteiger partial charge in [-0.15, -0.1) is 5.10 Å². The Morgan fingerprint density at radius 3 is 3.00 bits per heavy atom. The number of nitrogens with zero attached hydrogens (tertiary/aromatic N) is 5. The van der Waals surface area contributed by atoms with Gasteiger partial charge in [-0.2, -0.15) is 4.68 Å². The lowest BCUT2D eigenvalue weighted by Gasteiger charge is -2.00. The molecule has 0 bridgehead atoms. The van der Waals surface area contributed by atoms with Crippen molar-refractivity contribution in [2.45, 2.75) is 6.42 Å². The molecule has 0 aliphatic heterocycles. The number of pyridine rings is 1. The first-order chi connectivity index (χ1) is 6.92. The quantitative estimate of drug-likeness (QED) is 0.709. The van der Waals surface area contributed by atoms with Gasteiger partial charge in [0, 0.05) is 12.6 Å². The molecule has 0 aliphatic carbocycles. The Labute approximate surface area is 80.8 Å². The predicted octanol–water partition coefficient (Wildman–Crippen LogP) is -0.442. The summed E-state index contributed by atoms with van der Waals surface area (Å²) in [6, 6.07) is 5.57. The van der Waals surface area contributed by atoms with Crippen molar-refractivity contribution in [1.82, 2.24) is 25.2 Å². The van der Waals surface area contributed by atoms with Crippen molar-refractivity contribution in [3.8, 4) is 5.82 Å². The van der Waals surface area contributed by atoms with E-state index in [-0.39, 0.29) is 0 Å². The van der Waals surface area contributed by atoms with E-state index >= 15 is 0 Å². The number of rotatable bonds is 3. The first-order valence-corrected chi connectivity index (χ1v) is 4.30. The lowest BCUT2D eigenvalue weighted by atomic mass is 10.4. The minimum Gasteiger partial charge on any atom is -0.330 e. The summed E-state index contributed by atoms with van der Waals surface area (Å²) in [7, 11) is 0. The highest BCUT2D eigenvalue weighted by molar-refractivity contribution is 5.20. The van der Waals surface area contributed by atoms with Gasteiger partial charge in [0.15, 0.2) is 11.6 Å². The molecule has 2 aromatic rings. The number of tetrazole rings is 1. The van der Waals surface area contributed by atoms with Gasteiger partial charge in [0.25, 0.3) is 0 Å². The molecule has 0 unspecified atom stereocenters. The Morgan fingerprint density at radius 1 is 1.36 bits per heavy atom. The fraction of sp³-hybridized carbons (Fsp3) is 0.250. The van der Waals surface area contributed by atoms with Crippen LogP contribution in [0.1, 0.15) is 5.82 Å². The second kappa shape index (κ2) is 3.93. The van der Waals surface area contributed by atoms with Gasteiger partial charge in [0.2, 0.25) is 0 Å². The van der Waals surface area contributed by atoms with Crippen molar-refractivity contribution in [2.24, 2.45) is 5.73 Å². The van der Waals surface area contributed by atoms with Crippen LogP contribution in [-0.4, -0.2) is 31.7 Å². The Bertz CT molecular complexity index is 395. The highest BCUT2D eigenvalue weighted by Crippen LogP contribution is 2.02. The van der Waals surface area contributed by atoms with Gasteiger partial charge >= 0.3 is 0 Å². The Kier molecular flexibility index (Phi) is 2.46. The van der Waals surface area contributed by atoms with E-state index in [4.69, 9.17) is 5.73 Å². The lowest BCUT2D eigenvalue weighted by molar-refractivity contribution is 0.737. The van der Waals surface area contributed by atoms with Gasteiger partial charge in [0.1, 0.15) is 0 Å². The van der Waals surface area contributed by atoms with Crippen LogP contribution in [0.5, 0.6) is 0 Å². The van der Waals surface area contributed by atoms with Crippen molar-refractivity contribution in [2.75, 3.05) is 6.54 Å². The van der Waals surface area contributed by atoms with Crippen LogP contribution in [0.2, 0.25) is 0 Å². The zero-order chi connectivity index (χ0) is 9.80. The normalized spacial score (nSPS) is 10.4. The molecule has 2 rings (SSSR count). The predicted molar refractivity (Wildman–Crippen MR) is 49.7 cm³/mol. The molecular weight excluding hydrogens is 180 g/mol. The van der Waals surface area contributed by atoms with Crippen LogP contribution >= 0.6 is 0 Å². The second-order valence-electron chi connectivity index (χ2n) is 2.73. The van der Waals surface area contributed by atoms with Crippen LogP contribution in [-0.2, 0) is 6.42 Å². The summed E-state index contributed by atoms with van der Waals surface area (Å²) >= 11 is 0. The van der Waals surface area contributed by atoms with E-state index in [0.29, 0.717) is 18.8 Å². The van der Waals surface area contributed by atoms with Crippen LogP contribution in [0.3, 0.4) is 0 Å². The van der Waals surface area contributed by atoms with E-state index < -0.39 is 0 Å². The molecule has 0 radical (unpaired) electrons. The maximum absolute atomic E-state index is 5.44. The molecule has 6 nitrogen and oxygen atoms in total. The van der Waals surface area contributed by atoms with Gasteiger partial charge in [-0.1, -0.05) is 6.07 Å². The molecular formula is C8H10N6. The number of hydrogen-bond acceptors (Lipinski definition) is 5. The Balaban J connectivity index is 2.37. The highest BCUT2D eigenvalue weighted by atomic mass is 15.6. The third kappa shape index (κ3) is 1.60. The van der Waals surface area contributed by atoms with E-state index in [9.17, 15) is 0 Å². The summed E-state index contributed by atoms with van der Waals surface area (Å²) in [4.78, 5) is 4.14. The van der Waals surface area contributed by atoms with Crippen molar-refractivity contribution in [1.29, 1.82) is 0 Å². The van der Waals surface area contributed by atoms with E-state index in [0.717, 1.165) is 5.82 Å². The van der Waals surface area contributed by atoms with Crippen molar-refractivity contribution in [3.63, 3.8) is 0 Å². The van der Waals surface area contributed by atoms with Crippen LogP contribution < -0.4 is 5.73 Å². The summed E-state index contributed by atoms with van der Waals surface area (Å²) in [6.45, 7) is 0.521. The minimum absolute atomic E-state index is 0.521. The van der Waals surface area contributed by atoms with Crippen LogP contribution in [0, 0.1) is 0 Å². The van der Waals surface area contributed by atoms with Crippen LogP contribution in [0.4, 0.5) is 0 Å². The molecule has 14 heavy (non-hydrogen) atoms. The van der Waals surface area contributed by atoms with Gasteiger partial charge < -0.3 is 5.73 Å². The maximum Gasteiger partial charge on any atom is 0.159 e. The summed E-state index contributed by atoms with van der Waals surface area (Å²) < 4.78 is 1.59. The Morgan fingerprint density at radius 2 is 2.29 bits per heavy atom. The second-order valence-corrected chi connectivity index (χ2v) is 2.73. The minimum atomic E-state index is 0.521. The van der Waals surface area contributed by atoms with Crippen molar-refractivity contribution >= 4 is 0 Å². The van der Waals surface area contributed by atoms with Gasteiger partial charge in [-0.3, -0.25) is 0 Å². The average molecular weight is 190 g/mol. The first-order valence-electron chi connectivity index (χ1n) is 4.30. The summed E-state index contributed by atoms with van der Waals surface area (Å²) in [5, 5.41) is 11.3.